The van der Waals surface area contributed by atoms with E-state index >= 15 is 0 Å². The molecule has 45 heavy (non-hydrogen) atoms. The van der Waals surface area contributed by atoms with Crippen molar-refractivity contribution in [1.82, 2.24) is 0 Å². The van der Waals surface area contributed by atoms with Gasteiger partial charge in [0, 0.05) is 23.9 Å². The van der Waals surface area contributed by atoms with E-state index in [1.807, 2.05) is 60.7 Å². The highest BCUT2D eigenvalue weighted by atomic mass is 32.2. The minimum Gasteiger partial charge on any atom is -0.335 e. The summed E-state index contributed by atoms with van der Waals surface area (Å²) in [6.07, 6.45) is 2.51. The highest BCUT2D eigenvalue weighted by Gasteiger charge is 2.29. The maximum Gasteiger partial charge on any atom is 0.265 e. The Bertz CT molecular complexity index is 2100. The molecular formula is C33H31N2O6S4+. The molecule has 0 amide bonds. The minimum absolute atomic E-state index is 0.229. The Balaban J connectivity index is 1.42. The number of nitrogens with zero attached hydrogens (tertiary/aromatic N) is 2. The molecule has 232 valence electrons. The van der Waals surface area contributed by atoms with Crippen LogP contribution in [0.5, 0.6) is 0 Å². The smallest absolute Gasteiger partial charge is 0.265 e. The number of hydrogen-bond acceptors (Lipinski definition) is 7. The van der Waals surface area contributed by atoms with E-state index in [0.29, 0.717) is 13.1 Å². The summed E-state index contributed by atoms with van der Waals surface area (Å²) in [4.78, 5) is 3.11. The van der Waals surface area contributed by atoms with Crippen molar-refractivity contribution >= 4 is 65.3 Å². The Morgan fingerprint density at radius 2 is 1.31 bits per heavy atom. The molecule has 12 heteroatoms. The lowest BCUT2D eigenvalue weighted by atomic mass is 10.0. The highest BCUT2D eigenvalue weighted by molar-refractivity contribution is 8.04. The van der Waals surface area contributed by atoms with Gasteiger partial charge in [0.2, 0.25) is 5.52 Å². The van der Waals surface area contributed by atoms with Gasteiger partial charge < -0.3 is 4.90 Å². The second-order valence-corrected chi connectivity index (χ2v) is 16.0. The summed E-state index contributed by atoms with van der Waals surface area (Å²) in [5.41, 5.74) is 6.10. The second-order valence-electron chi connectivity index (χ2n) is 10.7. The second kappa shape index (κ2) is 13.1. The van der Waals surface area contributed by atoms with E-state index in [-0.39, 0.29) is 24.3 Å². The summed E-state index contributed by atoms with van der Waals surface area (Å²) >= 11 is 3.16. The Kier molecular flexibility index (Phi) is 9.14. The fourth-order valence-corrected chi connectivity index (χ4v) is 8.69. The van der Waals surface area contributed by atoms with Crippen LogP contribution in [0.4, 0.5) is 5.69 Å². The van der Waals surface area contributed by atoms with Crippen LogP contribution < -0.4 is 9.47 Å². The van der Waals surface area contributed by atoms with Gasteiger partial charge in [0.05, 0.1) is 28.3 Å². The van der Waals surface area contributed by atoms with Crippen molar-refractivity contribution in [2.24, 2.45) is 0 Å². The van der Waals surface area contributed by atoms with Gasteiger partial charge in [-0.2, -0.15) is 21.4 Å². The molecule has 4 aromatic carbocycles. The van der Waals surface area contributed by atoms with Crippen molar-refractivity contribution in [2.45, 2.75) is 24.3 Å². The lowest BCUT2D eigenvalue weighted by Crippen LogP contribution is -2.36. The van der Waals surface area contributed by atoms with Crippen molar-refractivity contribution in [3.05, 3.63) is 107 Å². The Morgan fingerprint density at radius 3 is 1.96 bits per heavy atom. The molecule has 2 heterocycles. The highest BCUT2D eigenvalue weighted by Crippen LogP contribution is 2.48. The number of thioether (sulfide) groups is 1. The van der Waals surface area contributed by atoms with E-state index in [2.05, 4.69) is 51.9 Å². The zero-order valence-corrected chi connectivity index (χ0v) is 27.4. The Morgan fingerprint density at radius 1 is 0.711 bits per heavy atom. The fourth-order valence-electron chi connectivity index (χ4n) is 5.41. The summed E-state index contributed by atoms with van der Waals surface area (Å²) in [5.74, 6) is -0.702. The summed E-state index contributed by atoms with van der Waals surface area (Å²) in [6.45, 7) is 0.741. The molecule has 0 saturated carbocycles. The number of thiazole rings is 1. The van der Waals surface area contributed by atoms with E-state index in [0.717, 1.165) is 53.1 Å². The van der Waals surface area contributed by atoms with Crippen LogP contribution in [0.25, 0.3) is 38.5 Å². The lowest BCUT2D eigenvalue weighted by molar-refractivity contribution is -0.668. The SMILES string of the molecule is O=S(=O)(O)CCCN1/C(=C/c2sc3ccc(-c4ccccc4)cc3[n+]2CCCS(=O)(=O)O)Sc2ccc(-c3ccccc3)cc21. The predicted molar refractivity (Wildman–Crippen MR) is 183 cm³/mol. The van der Waals surface area contributed by atoms with Crippen LogP contribution in [0.3, 0.4) is 0 Å². The molecule has 0 unspecified atom stereocenters. The third-order valence-corrected chi connectivity index (χ3v) is 11.3. The van der Waals surface area contributed by atoms with Crippen LogP contribution in [-0.4, -0.2) is 44.0 Å². The lowest BCUT2D eigenvalue weighted by Gasteiger charge is -2.20. The van der Waals surface area contributed by atoms with Gasteiger partial charge in [-0.15, -0.1) is 0 Å². The van der Waals surface area contributed by atoms with E-state index in [1.54, 1.807) is 23.1 Å². The first kappa shape index (κ1) is 31.5. The quantitative estimate of drug-likeness (QED) is 0.113. The Hall–Kier alpha value is -3.52. The molecule has 5 aromatic rings. The molecule has 2 N–H and O–H groups in total. The van der Waals surface area contributed by atoms with Crippen molar-refractivity contribution in [2.75, 3.05) is 23.0 Å². The summed E-state index contributed by atoms with van der Waals surface area (Å²) < 4.78 is 68.2. The molecule has 0 saturated heterocycles. The van der Waals surface area contributed by atoms with Crippen LogP contribution in [-0.2, 0) is 26.8 Å². The number of anilines is 1. The molecule has 6 rings (SSSR count). The maximum absolute atomic E-state index is 11.6. The number of hydrogen-bond donors (Lipinski definition) is 2. The molecular weight excluding hydrogens is 649 g/mol. The molecule has 0 fully saturated rings. The zero-order valence-electron chi connectivity index (χ0n) is 24.1. The number of aromatic nitrogens is 1. The largest absolute Gasteiger partial charge is 0.335 e. The van der Waals surface area contributed by atoms with Crippen LogP contribution in [0, 0.1) is 0 Å². The van der Waals surface area contributed by atoms with Crippen LogP contribution >= 0.6 is 23.1 Å². The molecule has 0 bridgehead atoms. The standard InChI is InChI=1S/C33H30N2O6S4/c36-44(37,38)19-7-17-34-28-21-26(24-9-3-1-4-10-24)13-15-30(28)42-32(34)23-33-35(18-8-20-45(39,40)41)29-22-27(14-16-31(29)43-33)25-11-5-2-6-12-25/h1-6,9-16,21-23H,7-8,17-20H2,(H-,36,37,38,39,40,41)/p+1. The average Bonchev–Trinajstić information content (AvgIpc) is 3.53. The van der Waals surface area contributed by atoms with Gasteiger partial charge in [-0.3, -0.25) is 9.11 Å². The van der Waals surface area contributed by atoms with Gasteiger partial charge in [-0.25, -0.2) is 0 Å². The van der Waals surface area contributed by atoms with Gasteiger partial charge in [0.15, 0.2) is 6.54 Å². The van der Waals surface area contributed by atoms with Gasteiger partial charge in [-0.05, 0) is 46.9 Å². The van der Waals surface area contributed by atoms with Crippen molar-refractivity contribution in [3.8, 4) is 22.3 Å². The fraction of sp³-hybridized carbons (Fsp3) is 0.182. The monoisotopic (exact) mass is 679 g/mol. The zero-order chi connectivity index (χ0) is 31.6. The molecule has 1 aliphatic rings. The molecule has 1 aliphatic heterocycles. The number of aryl methyl sites for hydroxylation is 1. The molecule has 0 atom stereocenters. The van der Waals surface area contributed by atoms with Gasteiger partial charge in [-0.1, -0.05) is 95.9 Å². The van der Waals surface area contributed by atoms with E-state index in [1.165, 1.54) is 0 Å². The Labute approximate surface area is 271 Å². The molecule has 0 spiro atoms. The molecule has 1 aromatic heterocycles. The first-order valence-corrected chi connectivity index (χ1v) is 19.2. The molecule has 0 radical (unpaired) electrons. The summed E-state index contributed by atoms with van der Waals surface area (Å²) in [5, 5.41) is 1.79. The number of fused-ring (bicyclic) bond motifs is 2. The topological polar surface area (TPSA) is 116 Å². The molecule has 8 nitrogen and oxygen atoms in total. The van der Waals surface area contributed by atoms with Crippen LogP contribution in [0.1, 0.15) is 17.8 Å². The third-order valence-electron chi connectivity index (χ3n) is 7.49. The normalized spacial score (nSPS) is 14.4. The predicted octanol–water partition coefficient (Wildman–Crippen LogP) is 6.99. The van der Waals surface area contributed by atoms with E-state index in [9.17, 15) is 25.9 Å². The summed E-state index contributed by atoms with van der Waals surface area (Å²) in [6, 6.07) is 32.5. The van der Waals surface area contributed by atoms with Crippen LogP contribution in [0.15, 0.2) is 107 Å². The third kappa shape index (κ3) is 7.66. The van der Waals surface area contributed by atoms with Crippen molar-refractivity contribution < 1.29 is 30.5 Å². The number of rotatable bonds is 11. The maximum atomic E-state index is 11.6. The molecule has 0 aliphatic carbocycles. The van der Waals surface area contributed by atoms with Crippen molar-refractivity contribution in [1.29, 1.82) is 0 Å². The first-order valence-electron chi connectivity index (χ1n) is 14.3. The van der Waals surface area contributed by atoms with Gasteiger partial charge in [0.1, 0.15) is 4.70 Å². The average molecular weight is 680 g/mol. The van der Waals surface area contributed by atoms with Crippen LogP contribution in [0.2, 0.25) is 0 Å². The van der Waals surface area contributed by atoms with Crippen molar-refractivity contribution in [3.63, 3.8) is 0 Å². The first-order chi connectivity index (χ1) is 21.5. The van der Waals surface area contributed by atoms with Gasteiger partial charge >= 0.3 is 0 Å². The van der Waals surface area contributed by atoms with E-state index in [4.69, 9.17) is 0 Å². The van der Waals surface area contributed by atoms with Gasteiger partial charge in [0.25, 0.3) is 25.2 Å². The summed E-state index contributed by atoms with van der Waals surface area (Å²) in [7, 11) is -8.24. The minimum atomic E-state index is -4.12. The number of benzene rings is 4. The van der Waals surface area contributed by atoms with E-state index < -0.39 is 20.2 Å².